The quantitative estimate of drug-likeness (QED) is 0.878. The van der Waals surface area contributed by atoms with Crippen LogP contribution >= 0.6 is 0 Å². The maximum absolute atomic E-state index is 12.5. The van der Waals surface area contributed by atoms with E-state index in [-0.39, 0.29) is 23.5 Å². The zero-order valence-electron chi connectivity index (χ0n) is 14.0. The van der Waals surface area contributed by atoms with Gasteiger partial charge in [-0.15, -0.1) is 0 Å². The van der Waals surface area contributed by atoms with E-state index in [4.69, 9.17) is 4.74 Å². The normalized spacial score (nSPS) is 20.8. The maximum atomic E-state index is 12.5. The van der Waals surface area contributed by atoms with Gasteiger partial charge in [0.25, 0.3) is 0 Å². The highest BCUT2D eigenvalue weighted by Gasteiger charge is 2.34. The highest BCUT2D eigenvalue weighted by Crippen LogP contribution is 2.22. The van der Waals surface area contributed by atoms with E-state index in [0.29, 0.717) is 6.42 Å². The van der Waals surface area contributed by atoms with Crippen LogP contribution in [-0.2, 0) is 14.6 Å². The average Bonchev–Trinajstić information content (AvgIpc) is 2.86. The number of aryl methyl sites for hydroxylation is 1. The number of hydrogen-bond donors (Lipinski definition) is 1. The zero-order chi connectivity index (χ0) is 17.2. The molecule has 0 bridgehead atoms. The van der Waals surface area contributed by atoms with Gasteiger partial charge in [-0.25, -0.2) is 8.42 Å². The minimum absolute atomic E-state index is 0.0591. The van der Waals surface area contributed by atoms with Gasteiger partial charge in [-0.1, -0.05) is 0 Å². The molecule has 1 fully saturated rings. The van der Waals surface area contributed by atoms with E-state index in [1.54, 1.807) is 26.0 Å². The van der Waals surface area contributed by atoms with Gasteiger partial charge >= 0.3 is 0 Å². The molecule has 7 heteroatoms. The number of rotatable bonds is 5. The molecule has 1 N–H and O–H groups in total. The van der Waals surface area contributed by atoms with Gasteiger partial charge in [0.05, 0.1) is 18.6 Å². The van der Waals surface area contributed by atoms with E-state index in [1.165, 1.54) is 0 Å². The molecule has 23 heavy (non-hydrogen) atoms. The first-order chi connectivity index (χ1) is 10.7. The third-order valence-electron chi connectivity index (χ3n) is 4.25. The summed E-state index contributed by atoms with van der Waals surface area (Å²) in [6, 6.07) is 4.96. The summed E-state index contributed by atoms with van der Waals surface area (Å²) in [5, 5.41) is 3.16. The van der Waals surface area contributed by atoms with Crippen LogP contribution in [0.1, 0.15) is 18.9 Å². The highest BCUT2D eigenvalue weighted by molar-refractivity contribution is 7.91. The number of nitrogens with one attached hydrogen (secondary N) is 1. The molecule has 2 atom stereocenters. The first kappa shape index (κ1) is 17.6. The number of amides is 1. The van der Waals surface area contributed by atoms with Crippen molar-refractivity contribution < 1.29 is 17.9 Å². The third kappa shape index (κ3) is 4.16. The molecule has 0 aliphatic carbocycles. The molecule has 0 saturated carbocycles. The fraction of sp³-hybridized carbons (Fsp3) is 0.562. The number of carbonyl (C=O) groups is 1. The molecule has 0 aromatic heterocycles. The molecule has 1 saturated heterocycles. The van der Waals surface area contributed by atoms with E-state index < -0.39 is 15.9 Å². The van der Waals surface area contributed by atoms with E-state index in [1.807, 2.05) is 25.1 Å². The number of anilines is 1. The van der Waals surface area contributed by atoms with E-state index in [0.717, 1.165) is 17.0 Å². The summed E-state index contributed by atoms with van der Waals surface area (Å²) in [5.74, 6) is 0.904. The number of sulfone groups is 1. The number of likely N-dealkylation sites (N-methyl/N-ethyl adjacent to an activating group) is 1. The van der Waals surface area contributed by atoms with Crippen LogP contribution in [0.5, 0.6) is 5.75 Å². The molecule has 1 heterocycles. The topological polar surface area (TPSA) is 75.7 Å². The second-order valence-electron chi connectivity index (χ2n) is 6.06. The average molecular weight is 340 g/mol. The van der Waals surface area contributed by atoms with Crippen molar-refractivity contribution in [2.75, 3.05) is 31.0 Å². The molecule has 2 unspecified atom stereocenters. The van der Waals surface area contributed by atoms with Gasteiger partial charge in [0, 0.05) is 18.8 Å². The molecular weight excluding hydrogens is 316 g/mol. The van der Waals surface area contributed by atoms with Crippen LogP contribution in [0.3, 0.4) is 0 Å². The lowest BCUT2D eigenvalue weighted by Gasteiger charge is -2.27. The first-order valence-electron chi connectivity index (χ1n) is 7.62. The van der Waals surface area contributed by atoms with Gasteiger partial charge in [0.1, 0.15) is 11.8 Å². The van der Waals surface area contributed by atoms with Crippen LogP contribution in [0, 0.1) is 6.92 Å². The Morgan fingerprint density at radius 3 is 2.65 bits per heavy atom. The van der Waals surface area contributed by atoms with Crippen molar-refractivity contribution >= 4 is 21.4 Å². The van der Waals surface area contributed by atoms with Crippen LogP contribution in [0.15, 0.2) is 18.2 Å². The molecule has 6 nitrogen and oxygen atoms in total. The van der Waals surface area contributed by atoms with Gasteiger partial charge in [0.15, 0.2) is 9.84 Å². The van der Waals surface area contributed by atoms with Gasteiger partial charge in [0.2, 0.25) is 5.91 Å². The van der Waals surface area contributed by atoms with E-state index in [2.05, 4.69) is 5.32 Å². The SMILES string of the molecule is COc1ccc(NC(C)C(=O)N(C)C2CCS(=O)(=O)C2)cc1C. The molecule has 2 rings (SSSR count). The minimum atomic E-state index is -3.00. The van der Waals surface area contributed by atoms with E-state index in [9.17, 15) is 13.2 Å². The Balaban J connectivity index is 2.01. The number of hydrogen-bond acceptors (Lipinski definition) is 5. The minimum Gasteiger partial charge on any atom is -0.496 e. The second-order valence-corrected chi connectivity index (χ2v) is 8.29. The predicted octanol–water partition coefficient (Wildman–Crippen LogP) is 1.45. The van der Waals surface area contributed by atoms with E-state index >= 15 is 0 Å². The Bertz CT molecular complexity index is 687. The number of ether oxygens (including phenoxy) is 1. The fourth-order valence-electron chi connectivity index (χ4n) is 2.85. The van der Waals surface area contributed by atoms with Crippen molar-refractivity contribution in [3.8, 4) is 5.75 Å². The second kappa shape index (κ2) is 6.78. The van der Waals surface area contributed by atoms with Crippen molar-refractivity contribution in [1.29, 1.82) is 0 Å². The molecule has 0 spiro atoms. The molecular formula is C16H24N2O4S. The maximum Gasteiger partial charge on any atom is 0.244 e. The zero-order valence-corrected chi connectivity index (χ0v) is 14.8. The number of benzene rings is 1. The first-order valence-corrected chi connectivity index (χ1v) is 9.44. The standard InChI is InChI=1S/C16H24N2O4S/c1-11-9-13(5-6-15(11)22-4)17-12(2)16(19)18(3)14-7-8-23(20,21)10-14/h5-6,9,12,14,17H,7-8,10H2,1-4H3. The molecule has 128 valence electrons. The lowest BCUT2D eigenvalue weighted by molar-refractivity contribution is -0.132. The summed E-state index contributed by atoms with van der Waals surface area (Å²) >= 11 is 0. The van der Waals surface area contributed by atoms with Crippen molar-refractivity contribution in [2.24, 2.45) is 0 Å². The van der Waals surface area contributed by atoms with Gasteiger partial charge in [-0.05, 0) is 44.0 Å². The molecule has 0 radical (unpaired) electrons. The Morgan fingerprint density at radius 1 is 1.43 bits per heavy atom. The Hall–Kier alpha value is -1.76. The molecule has 1 aromatic rings. The van der Waals surface area contributed by atoms with Crippen LogP contribution in [0.4, 0.5) is 5.69 Å². The van der Waals surface area contributed by atoms with Crippen molar-refractivity contribution in [2.45, 2.75) is 32.4 Å². The Labute approximate surface area is 137 Å². The molecule has 1 aromatic carbocycles. The van der Waals surface area contributed by atoms with Gasteiger partial charge in [-0.3, -0.25) is 4.79 Å². The largest absolute Gasteiger partial charge is 0.496 e. The summed E-state index contributed by atoms with van der Waals surface area (Å²) < 4.78 is 28.3. The van der Waals surface area contributed by atoms with Crippen molar-refractivity contribution in [1.82, 2.24) is 4.90 Å². The Kier molecular flexibility index (Phi) is 5.19. The summed E-state index contributed by atoms with van der Waals surface area (Å²) in [7, 11) is 0.289. The summed E-state index contributed by atoms with van der Waals surface area (Å²) in [6.07, 6.45) is 0.513. The van der Waals surface area contributed by atoms with Gasteiger partial charge < -0.3 is 15.0 Å². The Morgan fingerprint density at radius 2 is 2.13 bits per heavy atom. The fourth-order valence-corrected chi connectivity index (χ4v) is 4.62. The molecule has 1 aliphatic heterocycles. The van der Waals surface area contributed by atoms with Crippen LogP contribution in [-0.4, -0.2) is 57.0 Å². The lowest BCUT2D eigenvalue weighted by Crippen LogP contribution is -2.45. The highest BCUT2D eigenvalue weighted by atomic mass is 32.2. The molecule has 1 amide bonds. The van der Waals surface area contributed by atoms with Crippen LogP contribution < -0.4 is 10.1 Å². The third-order valence-corrected chi connectivity index (χ3v) is 6.00. The lowest BCUT2D eigenvalue weighted by atomic mass is 10.1. The summed E-state index contributed by atoms with van der Waals surface area (Å²) in [4.78, 5) is 14.1. The van der Waals surface area contributed by atoms with Crippen LogP contribution in [0.2, 0.25) is 0 Å². The smallest absolute Gasteiger partial charge is 0.244 e. The summed E-state index contributed by atoms with van der Waals surface area (Å²) in [6.45, 7) is 3.72. The number of nitrogens with zero attached hydrogens (tertiary/aromatic N) is 1. The van der Waals surface area contributed by atoms with Crippen LogP contribution in [0.25, 0.3) is 0 Å². The predicted molar refractivity (Wildman–Crippen MR) is 90.6 cm³/mol. The van der Waals surface area contributed by atoms with Crippen molar-refractivity contribution in [3.63, 3.8) is 0 Å². The van der Waals surface area contributed by atoms with Gasteiger partial charge in [-0.2, -0.15) is 0 Å². The number of carbonyl (C=O) groups excluding carboxylic acids is 1. The summed E-state index contributed by atoms with van der Waals surface area (Å²) in [5.41, 5.74) is 1.81. The molecule has 1 aliphatic rings. The number of methoxy groups -OCH3 is 1. The van der Waals surface area contributed by atoms with Crippen molar-refractivity contribution in [3.05, 3.63) is 23.8 Å². The monoisotopic (exact) mass is 340 g/mol.